The number of hydrogen-bond acceptors (Lipinski definition) is 3. The second kappa shape index (κ2) is 7.18. The van der Waals surface area contributed by atoms with E-state index in [1.807, 2.05) is 24.3 Å². The van der Waals surface area contributed by atoms with E-state index in [0.29, 0.717) is 5.56 Å². The highest BCUT2D eigenvalue weighted by Gasteiger charge is 2.33. The van der Waals surface area contributed by atoms with Gasteiger partial charge in [-0.3, -0.25) is 4.79 Å². The van der Waals surface area contributed by atoms with Gasteiger partial charge in [0.15, 0.2) is 5.92 Å². The van der Waals surface area contributed by atoms with Gasteiger partial charge in [0.2, 0.25) is 0 Å². The fraction of sp³-hybridized carbons (Fsp3) is 0.200. The Morgan fingerprint density at radius 3 is 2.64 bits per heavy atom. The van der Waals surface area contributed by atoms with E-state index in [9.17, 15) is 14.4 Å². The number of halogens is 1. The Balaban J connectivity index is 2.16. The number of ether oxygens (including phenoxy) is 1. The van der Waals surface area contributed by atoms with Crippen LogP contribution in [0, 0.1) is 23.1 Å². The number of esters is 1. The van der Waals surface area contributed by atoms with E-state index in [-0.39, 0.29) is 12.4 Å². The SMILES string of the molecule is CCOC(=O)C(C#N)C(c1ccc(F)cc1)c1c[nH]c2ccccc12. The maximum absolute atomic E-state index is 13.3. The average Bonchev–Trinajstić information content (AvgIpc) is 3.04. The Kier molecular flexibility index (Phi) is 4.80. The molecule has 0 saturated carbocycles. The Morgan fingerprint density at radius 2 is 1.96 bits per heavy atom. The van der Waals surface area contributed by atoms with Gasteiger partial charge in [0, 0.05) is 23.0 Å². The molecule has 5 heteroatoms. The molecule has 126 valence electrons. The molecule has 0 spiro atoms. The van der Waals surface area contributed by atoms with Gasteiger partial charge in [-0.2, -0.15) is 5.26 Å². The predicted octanol–water partition coefficient (Wildman–Crippen LogP) is 4.14. The van der Waals surface area contributed by atoms with Crippen molar-refractivity contribution in [3.8, 4) is 6.07 Å². The minimum Gasteiger partial charge on any atom is -0.465 e. The number of carbonyl (C=O) groups excluding carboxylic acids is 1. The number of fused-ring (bicyclic) bond motifs is 1. The topological polar surface area (TPSA) is 65.9 Å². The molecule has 0 amide bonds. The molecule has 1 aromatic heterocycles. The van der Waals surface area contributed by atoms with Gasteiger partial charge in [-0.1, -0.05) is 30.3 Å². The van der Waals surface area contributed by atoms with Gasteiger partial charge in [0.1, 0.15) is 5.82 Å². The highest BCUT2D eigenvalue weighted by atomic mass is 19.1. The van der Waals surface area contributed by atoms with Crippen molar-refractivity contribution < 1.29 is 13.9 Å². The number of hydrogen-bond donors (Lipinski definition) is 1. The number of benzene rings is 2. The maximum Gasteiger partial charge on any atom is 0.324 e. The first-order valence-electron chi connectivity index (χ1n) is 8.03. The highest BCUT2D eigenvalue weighted by Crippen LogP contribution is 2.37. The summed E-state index contributed by atoms with van der Waals surface area (Å²) in [4.78, 5) is 15.5. The number of carbonyl (C=O) groups is 1. The molecular weight excluding hydrogens is 319 g/mol. The van der Waals surface area contributed by atoms with E-state index in [1.54, 1.807) is 25.3 Å². The lowest BCUT2D eigenvalue weighted by atomic mass is 9.81. The van der Waals surface area contributed by atoms with E-state index >= 15 is 0 Å². The van der Waals surface area contributed by atoms with Crippen molar-refractivity contribution in [2.24, 2.45) is 5.92 Å². The van der Waals surface area contributed by atoms with Crippen LogP contribution in [0.4, 0.5) is 4.39 Å². The quantitative estimate of drug-likeness (QED) is 0.712. The predicted molar refractivity (Wildman–Crippen MR) is 92.3 cm³/mol. The van der Waals surface area contributed by atoms with Gasteiger partial charge < -0.3 is 9.72 Å². The number of H-pyrrole nitrogens is 1. The zero-order valence-electron chi connectivity index (χ0n) is 13.7. The molecule has 0 saturated heterocycles. The van der Waals surface area contributed by atoms with Crippen LogP contribution in [-0.2, 0) is 9.53 Å². The fourth-order valence-corrected chi connectivity index (χ4v) is 3.07. The number of nitrogens with zero attached hydrogens (tertiary/aromatic N) is 1. The van der Waals surface area contributed by atoms with Crippen LogP contribution in [0.5, 0.6) is 0 Å². The van der Waals surface area contributed by atoms with E-state index in [2.05, 4.69) is 11.1 Å². The van der Waals surface area contributed by atoms with Crippen LogP contribution in [-0.4, -0.2) is 17.6 Å². The third kappa shape index (κ3) is 3.24. The lowest BCUT2D eigenvalue weighted by molar-refractivity contribution is -0.146. The van der Waals surface area contributed by atoms with Gasteiger partial charge in [0.25, 0.3) is 0 Å². The van der Waals surface area contributed by atoms with E-state index in [1.165, 1.54) is 12.1 Å². The zero-order valence-corrected chi connectivity index (χ0v) is 13.7. The summed E-state index contributed by atoms with van der Waals surface area (Å²) in [7, 11) is 0. The second-order valence-electron chi connectivity index (χ2n) is 5.68. The van der Waals surface area contributed by atoms with Crippen LogP contribution >= 0.6 is 0 Å². The number of aromatic nitrogens is 1. The lowest BCUT2D eigenvalue weighted by Gasteiger charge is -2.21. The molecular formula is C20H17FN2O2. The molecule has 2 aromatic carbocycles. The maximum atomic E-state index is 13.3. The summed E-state index contributed by atoms with van der Waals surface area (Å²) in [5.74, 6) is -2.53. The molecule has 0 aliphatic carbocycles. The molecule has 0 fully saturated rings. The molecule has 4 nitrogen and oxygen atoms in total. The number of para-hydroxylation sites is 1. The van der Waals surface area contributed by atoms with E-state index in [4.69, 9.17) is 4.74 Å². The number of nitriles is 1. The summed E-state index contributed by atoms with van der Waals surface area (Å²) in [5, 5.41) is 10.6. The Hall–Kier alpha value is -3.13. The van der Waals surface area contributed by atoms with Gasteiger partial charge >= 0.3 is 5.97 Å². The van der Waals surface area contributed by atoms with Crippen LogP contribution in [0.25, 0.3) is 10.9 Å². The van der Waals surface area contributed by atoms with Crippen molar-refractivity contribution in [1.29, 1.82) is 5.26 Å². The summed E-state index contributed by atoms with van der Waals surface area (Å²) < 4.78 is 18.4. The summed E-state index contributed by atoms with van der Waals surface area (Å²) in [5.41, 5.74) is 2.40. The lowest BCUT2D eigenvalue weighted by Crippen LogP contribution is -2.24. The Bertz CT molecular complexity index is 925. The highest BCUT2D eigenvalue weighted by molar-refractivity contribution is 5.86. The molecule has 3 aromatic rings. The van der Waals surface area contributed by atoms with Gasteiger partial charge in [-0.15, -0.1) is 0 Å². The number of rotatable bonds is 5. The summed E-state index contributed by atoms with van der Waals surface area (Å²) in [6, 6.07) is 15.6. The van der Waals surface area contributed by atoms with Crippen LogP contribution in [0.2, 0.25) is 0 Å². The van der Waals surface area contributed by atoms with Crippen molar-refractivity contribution >= 4 is 16.9 Å². The van der Waals surface area contributed by atoms with Gasteiger partial charge in [-0.25, -0.2) is 4.39 Å². The standard InChI is InChI=1S/C20H17FN2O2/c1-2-25-20(24)16(11-22)19(13-7-9-14(21)10-8-13)17-12-23-18-6-4-3-5-15(17)18/h3-10,12,16,19,23H,2H2,1H3. The number of aromatic amines is 1. The van der Waals surface area contributed by atoms with E-state index < -0.39 is 17.8 Å². The van der Waals surface area contributed by atoms with Crippen LogP contribution in [0.1, 0.15) is 24.0 Å². The molecule has 0 aliphatic heterocycles. The summed E-state index contributed by atoms with van der Waals surface area (Å²) >= 11 is 0. The smallest absolute Gasteiger partial charge is 0.324 e. The van der Waals surface area contributed by atoms with Crippen molar-refractivity contribution in [2.45, 2.75) is 12.8 Å². The molecule has 1 heterocycles. The first-order chi connectivity index (χ1) is 12.2. The molecule has 2 atom stereocenters. The van der Waals surface area contributed by atoms with Crippen molar-refractivity contribution in [3.63, 3.8) is 0 Å². The first kappa shape index (κ1) is 16.7. The molecule has 0 aliphatic rings. The molecule has 25 heavy (non-hydrogen) atoms. The normalized spacial score (nSPS) is 13.2. The largest absolute Gasteiger partial charge is 0.465 e. The molecule has 3 rings (SSSR count). The van der Waals surface area contributed by atoms with Crippen molar-refractivity contribution in [1.82, 2.24) is 4.98 Å². The first-order valence-corrected chi connectivity index (χ1v) is 8.03. The molecule has 1 N–H and O–H groups in total. The number of nitrogens with one attached hydrogen (secondary N) is 1. The van der Waals surface area contributed by atoms with Gasteiger partial charge in [0.05, 0.1) is 12.7 Å². The average molecular weight is 336 g/mol. The summed E-state index contributed by atoms with van der Waals surface area (Å²) in [6.45, 7) is 1.89. The third-order valence-electron chi connectivity index (χ3n) is 4.20. The minimum atomic E-state index is -1.02. The van der Waals surface area contributed by atoms with Crippen LogP contribution in [0.3, 0.4) is 0 Å². The summed E-state index contributed by atoms with van der Waals surface area (Å²) in [6.07, 6.45) is 1.79. The van der Waals surface area contributed by atoms with E-state index in [0.717, 1.165) is 16.5 Å². The Morgan fingerprint density at radius 1 is 1.24 bits per heavy atom. The minimum absolute atomic E-state index is 0.195. The zero-order chi connectivity index (χ0) is 17.8. The third-order valence-corrected chi connectivity index (χ3v) is 4.20. The van der Waals surface area contributed by atoms with Crippen LogP contribution < -0.4 is 0 Å². The Labute approximate surface area is 144 Å². The molecule has 2 unspecified atom stereocenters. The fourth-order valence-electron chi connectivity index (χ4n) is 3.07. The molecule has 0 radical (unpaired) electrons. The van der Waals surface area contributed by atoms with Crippen molar-refractivity contribution in [2.75, 3.05) is 6.61 Å². The second-order valence-corrected chi connectivity index (χ2v) is 5.68. The van der Waals surface area contributed by atoms with Crippen LogP contribution in [0.15, 0.2) is 54.7 Å². The van der Waals surface area contributed by atoms with Gasteiger partial charge in [-0.05, 0) is 36.2 Å². The molecule has 0 bridgehead atoms. The monoisotopic (exact) mass is 336 g/mol. The van der Waals surface area contributed by atoms with Crippen molar-refractivity contribution in [3.05, 3.63) is 71.7 Å².